The summed E-state index contributed by atoms with van der Waals surface area (Å²) in [7, 11) is 0. The SMILES string of the molecule is Nc1ccc2c(c1CO)NCCC2. The number of nitrogens with one attached hydrogen (secondary N) is 1. The molecule has 0 saturated carbocycles. The highest BCUT2D eigenvalue weighted by molar-refractivity contribution is 5.68. The summed E-state index contributed by atoms with van der Waals surface area (Å²) in [6.45, 7) is 0.992. The Balaban J connectivity index is 2.52. The lowest BCUT2D eigenvalue weighted by atomic mass is 9.98. The predicted octanol–water partition coefficient (Wildman–Crippen LogP) is 1.12. The van der Waals surface area contributed by atoms with Crippen LogP contribution in [0.2, 0.25) is 0 Å². The number of benzene rings is 1. The molecule has 2 rings (SSSR count). The highest BCUT2D eigenvalue weighted by Crippen LogP contribution is 2.30. The molecule has 3 heteroatoms. The van der Waals surface area contributed by atoms with Crippen molar-refractivity contribution in [3.63, 3.8) is 0 Å². The Labute approximate surface area is 77.6 Å². The van der Waals surface area contributed by atoms with E-state index in [1.54, 1.807) is 0 Å². The van der Waals surface area contributed by atoms with E-state index in [4.69, 9.17) is 10.8 Å². The topological polar surface area (TPSA) is 58.3 Å². The van der Waals surface area contributed by atoms with Gasteiger partial charge in [-0.1, -0.05) is 6.07 Å². The molecule has 1 aliphatic heterocycles. The second kappa shape index (κ2) is 3.26. The largest absolute Gasteiger partial charge is 0.398 e. The van der Waals surface area contributed by atoms with Gasteiger partial charge in [0.1, 0.15) is 0 Å². The molecule has 1 aromatic carbocycles. The molecule has 0 aromatic heterocycles. The lowest BCUT2D eigenvalue weighted by Gasteiger charge is -2.21. The number of hydrogen-bond acceptors (Lipinski definition) is 3. The van der Waals surface area contributed by atoms with Crippen molar-refractivity contribution in [1.29, 1.82) is 0 Å². The van der Waals surface area contributed by atoms with Crippen molar-refractivity contribution >= 4 is 11.4 Å². The summed E-state index contributed by atoms with van der Waals surface area (Å²) in [4.78, 5) is 0. The maximum atomic E-state index is 9.15. The van der Waals surface area contributed by atoms with Crippen molar-refractivity contribution in [3.8, 4) is 0 Å². The maximum absolute atomic E-state index is 9.15. The molecule has 0 atom stereocenters. The van der Waals surface area contributed by atoms with Crippen LogP contribution in [0.25, 0.3) is 0 Å². The van der Waals surface area contributed by atoms with E-state index in [1.807, 2.05) is 12.1 Å². The quantitative estimate of drug-likeness (QED) is 0.565. The van der Waals surface area contributed by atoms with E-state index >= 15 is 0 Å². The molecule has 1 aromatic rings. The zero-order valence-electron chi connectivity index (χ0n) is 7.51. The van der Waals surface area contributed by atoms with Crippen molar-refractivity contribution in [2.45, 2.75) is 19.4 Å². The van der Waals surface area contributed by atoms with Gasteiger partial charge in [0.25, 0.3) is 0 Å². The smallest absolute Gasteiger partial charge is 0.0722 e. The minimum absolute atomic E-state index is 0.0159. The average molecular weight is 178 g/mol. The third-order valence-electron chi connectivity index (χ3n) is 2.52. The third-order valence-corrected chi connectivity index (χ3v) is 2.52. The van der Waals surface area contributed by atoms with E-state index in [-0.39, 0.29) is 6.61 Å². The van der Waals surface area contributed by atoms with Gasteiger partial charge in [-0.15, -0.1) is 0 Å². The van der Waals surface area contributed by atoms with Crippen LogP contribution in [-0.4, -0.2) is 11.7 Å². The predicted molar refractivity (Wildman–Crippen MR) is 53.6 cm³/mol. The molecule has 0 fully saturated rings. The Bertz CT molecular complexity index is 323. The fourth-order valence-corrected chi connectivity index (χ4v) is 1.80. The molecule has 0 spiro atoms. The minimum Gasteiger partial charge on any atom is -0.398 e. The molecule has 0 aliphatic carbocycles. The first-order valence-corrected chi connectivity index (χ1v) is 4.58. The van der Waals surface area contributed by atoms with Crippen LogP contribution in [0.4, 0.5) is 11.4 Å². The summed E-state index contributed by atoms with van der Waals surface area (Å²) in [5.41, 5.74) is 9.59. The summed E-state index contributed by atoms with van der Waals surface area (Å²) in [5, 5.41) is 12.4. The van der Waals surface area contributed by atoms with Gasteiger partial charge in [-0.05, 0) is 24.5 Å². The van der Waals surface area contributed by atoms with Crippen LogP contribution in [0.3, 0.4) is 0 Å². The van der Waals surface area contributed by atoms with Crippen molar-refractivity contribution in [1.82, 2.24) is 0 Å². The number of hydrogen-bond donors (Lipinski definition) is 3. The van der Waals surface area contributed by atoms with Crippen LogP contribution in [-0.2, 0) is 13.0 Å². The standard InChI is InChI=1S/C10H14N2O/c11-9-4-3-7-2-1-5-12-10(7)8(9)6-13/h3-4,12-13H,1-2,5-6,11H2. The number of anilines is 2. The Hall–Kier alpha value is -1.22. The summed E-state index contributed by atoms with van der Waals surface area (Å²) >= 11 is 0. The van der Waals surface area contributed by atoms with Crippen molar-refractivity contribution in [2.24, 2.45) is 0 Å². The monoisotopic (exact) mass is 178 g/mol. The van der Waals surface area contributed by atoms with E-state index in [9.17, 15) is 0 Å². The molecule has 0 unspecified atom stereocenters. The number of fused-ring (bicyclic) bond motifs is 1. The van der Waals surface area contributed by atoms with E-state index in [0.717, 1.165) is 30.6 Å². The van der Waals surface area contributed by atoms with E-state index in [2.05, 4.69) is 5.32 Å². The van der Waals surface area contributed by atoms with Gasteiger partial charge in [0.2, 0.25) is 0 Å². The maximum Gasteiger partial charge on any atom is 0.0722 e. The van der Waals surface area contributed by atoms with Crippen LogP contribution in [0.1, 0.15) is 17.5 Å². The van der Waals surface area contributed by atoms with Crippen molar-refractivity contribution in [2.75, 3.05) is 17.6 Å². The summed E-state index contributed by atoms with van der Waals surface area (Å²) in [5.74, 6) is 0. The number of rotatable bonds is 1. The molecule has 13 heavy (non-hydrogen) atoms. The zero-order chi connectivity index (χ0) is 9.26. The molecule has 0 amide bonds. The van der Waals surface area contributed by atoms with E-state index in [0.29, 0.717) is 5.69 Å². The first-order chi connectivity index (χ1) is 6.33. The molecule has 70 valence electrons. The molecule has 0 radical (unpaired) electrons. The van der Waals surface area contributed by atoms with Crippen LogP contribution < -0.4 is 11.1 Å². The van der Waals surface area contributed by atoms with Crippen LogP contribution in [0.5, 0.6) is 0 Å². The Morgan fingerprint density at radius 3 is 3.08 bits per heavy atom. The molecule has 1 heterocycles. The van der Waals surface area contributed by atoms with Gasteiger partial charge in [-0.2, -0.15) is 0 Å². The second-order valence-corrected chi connectivity index (χ2v) is 3.36. The molecule has 3 nitrogen and oxygen atoms in total. The number of nitrogens with two attached hydrogens (primary N) is 1. The lowest BCUT2D eigenvalue weighted by Crippen LogP contribution is -2.14. The first kappa shape index (κ1) is 8.38. The van der Waals surface area contributed by atoms with Gasteiger partial charge in [0, 0.05) is 23.5 Å². The normalized spacial score (nSPS) is 14.8. The van der Waals surface area contributed by atoms with Crippen molar-refractivity contribution in [3.05, 3.63) is 23.3 Å². The summed E-state index contributed by atoms with van der Waals surface area (Å²) in [6, 6.07) is 3.91. The molecule has 1 aliphatic rings. The van der Waals surface area contributed by atoms with Crippen molar-refractivity contribution < 1.29 is 5.11 Å². The lowest BCUT2D eigenvalue weighted by molar-refractivity contribution is 0.283. The Morgan fingerprint density at radius 1 is 1.46 bits per heavy atom. The van der Waals surface area contributed by atoms with Gasteiger partial charge < -0.3 is 16.2 Å². The van der Waals surface area contributed by atoms with E-state index in [1.165, 1.54) is 5.56 Å². The molecule has 0 bridgehead atoms. The van der Waals surface area contributed by atoms with Crippen LogP contribution >= 0.6 is 0 Å². The highest BCUT2D eigenvalue weighted by Gasteiger charge is 2.13. The van der Waals surface area contributed by atoms with Gasteiger partial charge in [0.15, 0.2) is 0 Å². The number of aliphatic hydroxyl groups excluding tert-OH is 1. The Kier molecular flexibility index (Phi) is 2.10. The van der Waals surface area contributed by atoms with Crippen LogP contribution in [0, 0.1) is 0 Å². The number of nitrogen functional groups attached to an aromatic ring is 1. The molecule has 4 N–H and O–H groups in total. The average Bonchev–Trinajstić information content (AvgIpc) is 2.18. The van der Waals surface area contributed by atoms with Gasteiger partial charge >= 0.3 is 0 Å². The fourth-order valence-electron chi connectivity index (χ4n) is 1.80. The van der Waals surface area contributed by atoms with Crippen LogP contribution in [0.15, 0.2) is 12.1 Å². The highest BCUT2D eigenvalue weighted by atomic mass is 16.3. The summed E-state index contributed by atoms with van der Waals surface area (Å²) in [6.07, 6.45) is 2.23. The Morgan fingerprint density at radius 2 is 2.31 bits per heavy atom. The zero-order valence-corrected chi connectivity index (χ0v) is 7.51. The first-order valence-electron chi connectivity index (χ1n) is 4.58. The second-order valence-electron chi connectivity index (χ2n) is 3.36. The minimum atomic E-state index is 0.0159. The fraction of sp³-hybridized carbons (Fsp3) is 0.400. The molecular weight excluding hydrogens is 164 g/mol. The summed E-state index contributed by atoms with van der Waals surface area (Å²) < 4.78 is 0. The molecular formula is C10H14N2O. The molecule has 0 saturated heterocycles. The van der Waals surface area contributed by atoms with Gasteiger partial charge in [0.05, 0.1) is 6.61 Å². The van der Waals surface area contributed by atoms with E-state index < -0.39 is 0 Å². The van der Waals surface area contributed by atoms with Gasteiger partial charge in [-0.25, -0.2) is 0 Å². The number of aliphatic hydroxyl groups is 1. The third kappa shape index (κ3) is 1.35. The number of aryl methyl sites for hydroxylation is 1. The van der Waals surface area contributed by atoms with Gasteiger partial charge in [-0.3, -0.25) is 0 Å².